The number of imide groups is 1. The molecule has 2 saturated heterocycles. The van der Waals surface area contributed by atoms with E-state index in [-0.39, 0.29) is 17.9 Å². The number of hydrogen-bond acceptors (Lipinski definition) is 5. The van der Waals surface area contributed by atoms with Crippen molar-refractivity contribution in [3.63, 3.8) is 0 Å². The number of benzene rings is 1. The van der Waals surface area contributed by atoms with Crippen molar-refractivity contribution < 1.29 is 9.59 Å². The second-order valence-corrected chi connectivity index (χ2v) is 10.9. The fourth-order valence-electron chi connectivity index (χ4n) is 4.66. The molecule has 1 atom stereocenters. The Morgan fingerprint density at radius 2 is 1.97 bits per heavy atom. The lowest BCUT2D eigenvalue weighted by Crippen LogP contribution is -2.51. The molecule has 1 aromatic heterocycles. The van der Waals surface area contributed by atoms with E-state index in [4.69, 9.17) is 4.98 Å². The Bertz CT molecular complexity index is 1030. The van der Waals surface area contributed by atoms with Gasteiger partial charge < -0.3 is 0 Å². The van der Waals surface area contributed by atoms with Gasteiger partial charge in [0.25, 0.3) is 0 Å². The zero-order chi connectivity index (χ0) is 22.3. The zero-order valence-electron chi connectivity index (χ0n) is 19.3. The third-order valence-electron chi connectivity index (χ3n) is 6.78. The number of thiazole rings is 1. The summed E-state index contributed by atoms with van der Waals surface area (Å²) >= 11 is 1.69. The van der Waals surface area contributed by atoms with Crippen LogP contribution < -0.4 is 0 Å². The second kappa shape index (κ2) is 8.47. The van der Waals surface area contributed by atoms with Gasteiger partial charge in [0, 0.05) is 5.54 Å². The molecule has 5 nitrogen and oxygen atoms in total. The number of amides is 2. The molecule has 2 fully saturated rings. The quantitative estimate of drug-likeness (QED) is 0.613. The van der Waals surface area contributed by atoms with E-state index in [1.54, 1.807) is 11.3 Å². The second-order valence-electron chi connectivity index (χ2n) is 9.90. The topological polar surface area (TPSA) is 53.5 Å². The van der Waals surface area contributed by atoms with Crippen LogP contribution in [0.2, 0.25) is 0 Å². The van der Waals surface area contributed by atoms with Gasteiger partial charge in [0.05, 0.1) is 22.7 Å². The molecule has 0 bridgehead atoms. The van der Waals surface area contributed by atoms with Crippen molar-refractivity contribution >= 4 is 38.9 Å². The third-order valence-corrected chi connectivity index (χ3v) is 7.93. The average molecular weight is 440 g/mol. The highest BCUT2D eigenvalue weighted by Gasteiger charge is 2.47. The van der Waals surface area contributed by atoms with Gasteiger partial charge in [-0.05, 0) is 89.2 Å². The number of piperidine rings is 1. The Morgan fingerprint density at radius 3 is 2.68 bits per heavy atom. The van der Waals surface area contributed by atoms with Crippen molar-refractivity contribution in [3.05, 3.63) is 34.8 Å². The van der Waals surface area contributed by atoms with Crippen LogP contribution in [0.15, 0.2) is 24.3 Å². The summed E-state index contributed by atoms with van der Waals surface area (Å²) in [7, 11) is 0. The maximum Gasteiger partial charge on any atom is 0.247 e. The van der Waals surface area contributed by atoms with Gasteiger partial charge in [-0.1, -0.05) is 19.1 Å². The van der Waals surface area contributed by atoms with Gasteiger partial charge in [0.1, 0.15) is 5.01 Å². The third kappa shape index (κ3) is 4.46. The van der Waals surface area contributed by atoms with Gasteiger partial charge in [-0.2, -0.15) is 0 Å². The predicted octanol–water partition coefficient (Wildman–Crippen LogP) is 5.04. The van der Waals surface area contributed by atoms with E-state index in [1.165, 1.54) is 15.2 Å². The van der Waals surface area contributed by atoms with Crippen LogP contribution in [0.3, 0.4) is 0 Å². The van der Waals surface area contributed by atoms with E-state index < -0.39 is 5.54 Å². The molecule has 0 N–H and O–H groups in total. The average Bonchev–Trinajstić information content (AvgIpc) is 3.27. The summed E-state index contributed by atoms with van der Waals surface area (Å²) in [6, 6.07) is 6.02. The molecule has 2 aliphatic rings. The molecule has 0 saturated carbocycles. The lowest BCUT2D eigenvalue weighted by molar-refractivity contribution is -0.145. The van der Waals surface area contributed by atoms with Gasteiger partial charge in [-0.3, -0.25) is 19.4 Å². The predicted molar refractivity (Wildman–Crippen MR) is 127 cm³/mol. The van der Waals surface area contributed by atoms with Gasteiger partial charge >= 0.3 is 0 Å². The van der Waals surface area contributed by atoms with Gasteiger partial charge in [0.2, 0.25) is 11.8 Å². The number of likely N-dealkylation sites (tertiary alicyclic amines) is 2. The first kappa shape index (κ1) is 22.2. The molecule has 166 valence electrons. The fourth-order valence-corrected chi connectivity index (χ4v) is 5.72. The molecule has 0 radical (unpaired) electrons. The standard InChI is InChI=1S/C25H33N3O2S/c1-16-9-12-27(13-10-16)20-15-22(29)28(24(20)30)25(4,5)11-8-18(3)23-26-19-7-6-17(2)14-21(19)31-23/h6-8,14,16,20H,9-13,15H2,1-5H3/b18-8+. The normalized spacial score (nSPS) is 22.2. The number of hydrogen-bond donors (Lipinski definition) is 0. The van der Waals surface area contributed by atoms with Crippen molar-refractivity contribution in [2.45, 2.75) is 71.9 Å². The van der Waals surface area contributed by atoms with Crippen LogP contribution in [0, 0.1) is 12.8 Å². The van der Waals surface area contributed by atoms with Crippen LogP contribution in [0.25, 0.3) is 15.8 Å². The first-order chi connectivity index (χ1) is 14.7. The molecule has 3 heterocycles. The maximum absolute atomic E-state index is 13.2. The van der Waals surface area contributed by atoms with E-state index in [0.29, 0.717) is 18.8 Å². The first-order valence-corrected chi connectivity index (χ1v) is 12.1. The number of allylic oxidation sites excluding steroid dienone is 1. The number of carbonyl (C=O) groups is 2. The largest absolute Gasteiger partial charge is 0.292 e. The van der Waals surface area contributed by atoms with Crippen LogP contribution >= 0.6 is 11.3 Å². The smallest absolute Gasteiger partial charge is 0.247 e. The lowest BCUT2D eigenvalue weighted by Gasteiger charge is -2.36. The minimum Gasteiger partial charge on any atom is -0.292 e. The Hall–Kier alpha value is -2.05. The Kier molecular flexibility index (Phi) is 6.05. The van der Waals surface area contributed by atoms with Crippen LogP contribution in [-0.4, -0.2) is 51.3 Å². The van der Waals surface area contributed by atoms with Crippen LogP contribution in [0.1, 0.15) is 63.9 Å². The van der Waals surface area contributed by atoms with Crippen LogP contribution in [0.4, 0.5) is 0 Å². The molecule has 1 unspecified atom stereocenters. The summed E-state index contributed by atoms with van der Waals surface area (Å²) in [5.41, 5.74) is 2.78. The molecule has 4 rings (SSSR count). The Labute approximate surface area is 189 Å². The van der Waals surface area contributed by atoms with Crippen LogP contribution in [0.5, 0.6) is 0 Å². The Morgan fingerprint density at radius 1 is 1.26 bits per heavy atom. The van der Waals surface area contributed by atoms with Gasteiger partial charge in [-0.15, -0.1) is 11.3 Å². The highest BCUT2D eigenvalue weighted by molar-refractivity contribution is 7.19. The van der Waals surface area contributed by atoms with Crippen molar-refractivity contribution in [1.82, 2.24) is 14.8 Å². The minimum absolute atomic E-state index is 0.0222. The minimum atomic E-state index is -0.555. The first-order valence-electron chi connectivity index (χ1n) is 11.3. The number of fused-ring (bicyclic) bond motifs is 1. The molecular weight excluding hydrogens is 406 g/mol. The molecular formula is C25H33N3O2S. The number of rotatable bonds is 5. The van der Waals surface area contributed by atoms with Gasteiger partial charge in [0.15, 0.2) is 0 Å². The van der Waals surface area contributed by atoms with Gasteiger partial charge in [-0.25, -0.2) is 4.98 Å². The highest BCUT2D eigenvalue weighted by atomic mass is 32.1. The molecule has 0 aliphatic carbocycles. The molecule has 2 amide bonds. The van der Waals surface area contributed by atoms with E-state index in [2.05, 4.69) is 49.9 Å². The number of nitrogens with zero attached hydrogens (tertiary/aromatic N) is 3. The molecule has 2 aliphatic heterocycles. The summed E-state index contributed by atoms with van der Waals surface area (Å²) in [4.78, 5) is 34.6. The van der Waals surface area contributed by atoms with Crippen molar-refractivity contribution in [1.29, 1.82) is 0 Å². The summed E-state index contributed by atoms with van der Waals surface area (Å²) < 4.78 is 1.19. The van der Waals surface area contributed by atoms with E-state index in [9.17, 15) is 9.59 Å². The molecule has 31 heavy (non-hydrogen) atoms. The summed E-state index contributed by atoms with van der Waals surface area (Å²) in [5, 5.41) is 0.996. The number of carbonyl (C=O) groups excluding carboxylic acids is 2. The summed E-state index contributed by atoms with van der Waals surface area (Å²) in [6.45, 7) is 12.2. The SMILES string of the molecule is C/C(=C\CC(C)(C)N1C(=O)CC(N2CCC(C)CC2)C1=O)c1nc2ccc(C)cc2s1. The lowest BCUT2D eigenvalue weighted by atomic mass is 9.96. The van der Waals surface area contributed by atoms with E-state index in [1.807, 2.05) is 13.8 Å². The van der Waals surface area contributed by atoms with Crippen molar-refractivity contribution in [2.75, 3.05) is 13.1 Å². The van der Waals surface area contributed by atoms with Crippen molar-refractivity contribution in [2.24, 2.45) is 5.92 Å². The number of aromatic nitrogens is 1. The Balaban J connectivity index is 1.48. The van der Waals surface area contributed by atoms with Crippen LogP contribution in [-0.2, 0) is 9.59 Å². The van der Waals surface area contributed by atoms with E-state index in [0.717, 1.165) is 42.0 Å². The molecule has 0 spiro atoms. The summed E-state index contributed by atoms with van der Waals surface area (Å²) in [6.07, 6.45) is 5.27. The van der Waals surface area contributed by atoms with E-state index >= 15 is 0 Å². The number of aryl methyl sites for hydroxylation is 1. The van der Waals surface area contributed by atoms with Crippen molar-refractivity contribution in [3.8, 4) is 0 Å². The maximum atomic E-state index is 13.2. The molecule has 6 heteroatoms. The molecule has 2 aromatic rings. The summed E-state index contributed by atoms with van der Waals surface area (Å²) in [5.74, 6) is 0.641. The highest BCUT2D eigenvalue weighted by Crippen LogP contribution is 2.33. The zero-order valence-corrected chi connectivity index (χ0v) is 20.1. The molecule has 1 aromatic carbocycles. The fraction of sp³-hybridized carbons (Fsp3) is 0.560. The monoisotopic (exact) mass is 439 g/mol.